The van der Waals surface area contributed by atoms with Gasteiger partial charge < -0.3 is 30.9 Å². The summed E-state index contributed by atoms with van der Waals surface area (Å²) in [5, 5.41) is 39.7. The number of anilines is 2. The second-order valence-corrected chi connectivity index (χ2v) is 12.9. The lowest BCUT2D eigenvalue weighted by Crippen LogP contribution is -2.40. The smallest absolute Gasteiger partial charge is 0.475 e. The number of benzene rings is 1. The summed E-state index contributed by atoms with van der Waals surface area (Å²) >= 11 is 6.71. The molecule has 2 saturated carbocycles. The normalized spacial score (nSPS) is 19.1. The number of nitrogens with zero attached hydrogens (tertiary/aromatic N) is 4. The lowest BCUT2D eigenvalue weighted by Gasteiger charge is -2.36. The molecule has 0 bridgehead atoms. The average Bonchev–Trinajstić information content (AvgIpc) is 3.46. The first-order chi connectivity index (χ1) is 26.7. The van der Waals surface area contributed by atoms with Gasteiger partial charge in [-0.25, -0.2) is 27.7 Å². The molecule has 1 aromatic carbocycles. The third-order valence-electron chi connectivity index (χ3n) is 8.55. The highest BCUT2D eigenvalue weighted by atomic mass is 35.5. The van der Waals surface area contributed by atoms with E-state index < -0.39 is 54.3 Å². The topological polar surface area (TPSA) is 202 Å². The molecule has 6 N–H and O–H groups in total. The first-order valence-electron chi connectivity index (χ1n) is 16.3. The van der Waals surface area contributed by atoms with Crippen LogP contribution in [0.15, 0.2) is 30.6 Å². The van der Waals surface area contributed by atoms with Gasteiger partial charge in [-0.1, -0.05) is 11.6 Å². The highest BCUT2D eigenvalue weighted by Gasteiger charge is 2.44. The van der Waals surface area contributed by atoms with Crippen LogP contribution in [0.4, 0.5) is 59.8 Å². The van der Waals surface area contributed by atoms with Crippen LogP contribution in [0.3, 0.4) is 0 Å². The summed E-state index contributed by atoms with van der Waals surface area (Å²) < 4.78 is 126. The second kappa shape index (κ2) is 18.4. The zero-order valence-corrected chi connectivity index (χ0v) is 30.3. The van der Waals surface area contributed by atoms with Crippen molar-refractivity contribution in [3.63, 3.8) is 0 Å². The van der Waals surface area contributed by atoms with Crippen molar-refractivity contribution in [2.24, 2.45) is 5.92 Å². The van der Waals surface area contributed by atoms with E-state index in [2.05, 4.69) is 25.9 Å². The van der Waals surface area contributed by atoms with E-state index >= 15 is 4.39 Å². The molecule has 320 valence electrons. The van der Waals surface area contributed by atoms with Gasteiger partial charge in [0.15, 0.2) is 11.6 Å². The van der Waals surface area contributed by atoms with Crippen LogP contribution in [0.25, 0.3) is 27.5 Å². The molecule has 1 amide bonds. The third kappa shape index (κ3) is 12.0. The summed E-state index contributed by atoms with van der Waals surface area (Å²) in [5.41, 5.74) is 2.93. The number of carbonyl (C=O) groups is 4. The van der Waals surface area contributed by atoms with Crippen LogP contribution in [-0.4, -0.2) is 110 Å². The molecule has 3 aromatic heterocycles. The van der Waals surface area contributed by atoms with Crippen molar-refractivity contribution in [3.05, 3.63) is 41.4 Å². The molecule has 0 aliphatic heterocycles. The highest BCUT2D eigenvalue weighted by Crippen LogP contribution is 2.44. The molecule has 2 aliphatic rings. The highest BCUT2D eigenvalue weighted by molar-refractivity contribution is 6.36. The maximum Gasteiger partial charge on any atom is 0.490 e. The molecular formula is C32H31ClF11N7O7. The lowest BCUT2D eigenvalue weighted by atomic mass is 9.90. The first-order valence-corrected chi connectivity index (χ1v) is 16.7. The number of aromatic nitrogens is 4. The number of aliphatic carboxylic acids is 3. The number of fused-ring (bicyclic) bond motifs is 2. The molecule has 6 rings (SSSR count). The molecule has 2 fully saturated rings. The number of carboxylic acids is 3. The number of halogens is 12. The summed E-state index contributed by atoms with van der Waals surface area (Å²) in [4.78, 5) is 40.8. The zero-order valence-electron chi connectivity index (χ0n) is 29.5. The van der Waals surface area contributed by atoms with Gasteiger partial charge in [0.2, 0.25) is 5.91 Å². The molecule has 58 heavy (non-hydrogen) atoms. The maximum absolute atomic E-state index is 15.9. The van der Waals surface area contributed by atoms with E-state index in [0.717, 1.165) is 31.1 Å². The monoisotopic (exact) mass is 869 g/mol. The number of hydrogen-bond donors (Lipinski definition) is 6. The number of pyridine rings is 1. The molecule has 2 aliphatic carbocycles. The Labute approximate surface area is 322 Å². The van der Waals surface area contributed by atoms with Crippen LogP contribution in [-0.2, 0) is 19.2 Å². The van der Waals surface area contributed by atoms with Gasteiger partial charge in [-0.2, -0.15) is 49.7 Å². The van der Waals surface area contributed by atoms with Gasteiger partial charge in [-0.3, -0.25) is 9.89 Å². The molecule has 2 atom stereocenters. The Kier molecular flexibility index (Phi) is 14.9. The summed E-state index contributed by atoms with van der Waals surface area (Å²) in [5.74, 6) is -9.41. The largest absolute Gasteiger partial charge is 0.490 e. The van der Waals surface area contributed by atoms with Crippen molar-refractivity contribution < 1.29 is 82.8 Å². The second-order valence-electron chi connectivity index (χ2n) is 12.5. The fourth-order valence-corrected chi connectivity index (χ4v) is 5.81. The number of carboxylic acid groups (broad SMARTS) is 3. The number of rotatable bonds is 6. The summed E-state index contributed by atoms with van der Waals surface area (Å²) in [6.45, 7) is 0. The maximum atomic E-state index is 15.9. The van der Waals surface area contributed by atoms with E-state index in [0.29, 0.717) is 39.7 Å². The third-order valence-corrected chi connectivity index (χ3v) is 8.91. The van der Waals surface area contributed by atoms with Crippen LogP contribution in [0.1, 0.15) is 32.1 Å². The number of hydrogen-bond acceptors (Lipinski definition) is 8. The van der Waals surface area contributed by atoms with Crippen LogP contribution < -0.4 is 15.5 Å². The van der Waals surface area contributed by atoms with Gasteiger partial charge >= 0.3 is 36.4 Å². The van der Waals surface area contributed by atoms with E-state index in [-0.39, 0.29) is 23.4 Å². The minimum atomic E-state index is -5.08. The summed E-state index contributed by atoms with van der Waals surface area (Å²) in [7, 11) is 3.90. The number of amides is 1. The average molecular weight is 870 g/mol. The van der Waals surface area contributed by atoms with Crippen molar-refractivity contribution >= 4 is 63.3 Å². The van der Waals surface area contributed by atoms with E-state index in [9.17, 15) is 48.7 Å². The van der Waals surface area contributed by atoms with Gasteiger partial charge in [0.1, 0.15) is 11.9 Å². The van der Waals surface area contributed by atoms with Crippen LogP contribution in [0, 0.1) is 11.7 Å². The molecule has 14 nitrogen and oxygen atoms in total. The van der Waals surface area contributed by atoms with Crippen LogP contribution >= 0.6 is 11.6 Å². The van der Waals surface area contributed by atoms with Crippen molar-refractivity contribution in [3.8, 4) is 11.1 Å². The number of carbonyl (C=O) groups excluding carboxylic acids is 1. The Morgan fingerprint density at radius 3 is 1.86 bits per heavy atom. The van der Waals surface area contributed by atoms with E-state index in [1.54, 1.807) is 29.0 Å². The number of alkyl halides is 10. The minimum Gasteiger partial charge on any atom is -0.475 e. The molecular weight excluding hydrogens is 839 g/mol. The SMILES string of the molecule is CNC1CCC(N(C)c2c(F)c(Cl)c(-c3ccn4nc(NC(=O)[C@@H]5C[C@@H]5F)cc4c3)c3cn[nH]c23)CC1.O=C(O)C(F)(F)F.O=C(O)C(F)(F)F.O=C(O)C(F)(F)F. The summed E-state index contributed by atoms with van der Waals surface area (Å²) in [6, 6.07) is 6.01. The molecule has 0 radical (unpaired) electrons. The number of aromatic amines is 1. The van der Waals surface area contributed by atoms with Crippen LogP contribution in [0.5, 0.6) is 0 Å². The zero-order chi connectivity index (χ0) is 44.1. The van der Waals surface area contributed by atoms with E-state index in [1.807, 2.05) is 25.1 Å². The lowest BCUT2D eigenvalue weighted by molar-refractivity contribution is -0.193. The quantitative estimate of drug-likeness (QED) is 0.111. The fraction of sp³-hybridized carbons (Fsp3) is 0.438. The van der Waals surface area contributed by atoms with Crippen molar-refractivity contribution in [2.45, 2.75) is 68.9 Å². The summed E-state index contributed by atoms with van der Waals surface area (Å²) in [6.07, 6.45) is -8.71. The Morgan fingerprint density at radius 2 is 1.41 bits per heavy atom. The number of nitrogens with one attached hydrogen (secondary N) is 3. The Hall–Kier alpha value is -5.46. The molecule has 0 saturated heterocycles. The van der Waals surface area contributed by atoms with E-state index in [1.165, 1.54) is 0 Å². The molecule has 4 aromatic rings. The number of H-pyrrole nitrogens is 1. The van der Waals surface area contributed by atoms with Crippen LogP contribution in [0.2, 0.25) is 5.02 Å². The predicted molar refractivity (Wildman–Crippen MR) is 181 cm³/mol. The Balaban J connectivity index is 0.000000353. The van der Waals surface area contributed by atoms with Gasteiger partial charge in [0.25, 0.3) is 0 Å². The molecule has 3 heterocycles. The standard InChI is InChI=1S/C26H28ClF2N7O.3C2HF3O2/c1-30-14-3-5-15(6-4-14)35(2)25-23(29)22(27)21(18-12-31-33-24(18)25)13-7-8-36-16(9-13)10-20(34-36)32-26(37)17-11-19(17)28;3*3-2(4,5)1(6)7/h7-10,12,14-15,17,19,30H,3-6,11H2,1-2H3,(H,31,33)(H,32,34,37);3*(H,6,7)/t14?,15?,17-,19+;;;/m1.../s1. The molecule has 0 unspecified atom stereocenters. The minimum absolute atomic E-state index is 0.0276. The molecule has 0 spiro atoms. The van der Waals surface area contributed by atoms with Crippen molar-refractivity contribution in [2.75, 3.05) is 24.3 Å². The van der Waals surface area contributed by atoms with E-state index in [4.69, 9.17) is 41.3 Å². The Morgan fingerprint density at radius 1 is 0.914 bits per heavy atom. The molecule has 26 heteroatoms. The van der Waals surface area contributed by atoms with Gasteiger partial charge in [0, 0.05) is 42.3 Å². The van der Waals surface area contributed by atoms with Crippen molar-refractivity contribution in [1.29, 1.82) is 0 Å². The Bertz CT molecular complexity index is 2060. The first kappa shape index (κ1) is 46.9. The van der Waals surface area contributed by atoms with Gasteiger partial charge in [0.05, 0.1) is 28.2 Å². The predicted octanol–water partition coefficient (Wildman–Crippen LogP) is 6.83. The van der Waals surface area contributed by atoms with Gasteiger partial charge in [-0.05, 0) is 56.8 Å². The fourth-order valence-electron chi connectivity index (χ4n) is 5.51. The van der Waals surface area contributed by atoms with Crippen molar-refractivity contribution in [1.82, 2.24) is 25.1 Å². The van der Waals surface area contributed by atoms with Gasteiger partial charge in [-0.15, -0.1) is 0 Å².